The molecule has 0 aliphatic heterocycles. The van der Waals surface area contributed by atoms with Gasteiger partial charge >= 0.3 is 0 Å². The van der Waals surface area contributed by atoms with Gasteiger partial charge in [0.2, 0.25) is 10.0 Å². The van der Waals surface area contributed by atoms with Crippen LogP contribution in [0, 0.1) is 0 Å². The Morgan fingerprint density at radius 1 is 1.33 bits per heavy atom. The highest BCUT2D eigenvalue weighted by molar-refractivity contribution is 7.89. The Hall–Kier alpha value is -0.880. The van der Waals surface area contributed by atoms with Crippen molar-refractivity contribution in [3.05, 3.63) is 17.2 Å². The molecular formula is C12H21N3O2S. The molecule has 0 aromatic carbocycles. The standard InChI is InChI=1S/C12H21N3O2S/c1-3-8-18(16,17)13-9-12-14-10-6-4-5-7-11(10)15(12)2/h13H,3-9H2,1-2H3. The summed E-state index contributed by atoms with van der Waals surface area (Å²) < 4.78 is 27.9. The van der Waals surface area contributed by atoms with Crippen LogP contribution in [0.1, 0.15) is 43.4 Å². The Labute approximate surface area is 109 Å². The van der Waals surface area contributed by atoms with Crippen LogP contribution in [0.3, 0.4) is 0 Å². The molecule has 0 bridgehead atoms. The zero-order chi connectivity index (χ0) is 13.2. The second kappa shape index (κ2) is 5.40. The summed E-state index contributed by atoms with van der Waals surface area (Å²) in [5.41, 5.74) is 2.42. The average molecular weight is 271 g/mol. The summed E-state index contributed by atoms with van der Waals surface area (Å²) in [6.45, 7) is 2.16. The molecular weight excluding hydrogens is 250 g/mol. The minimum Gasteiger partial charge on any atom is -0.334 e. The van der Waals surface area contributed by atoms with E-state index in [0.717, 1.165) is 24.4 Å². The van der Waals surface area contributed by atoms with Crippen molar-refractivity contribution >= 4 is 10.0 Å². The lowest BCUT2D eigenvalue weighted by molar-refractivity contribution is 0.575. The van der Waals surface area contributed by atoms with Gasteiger partial charge in [0.15, 0.2) is 0 Å². The molecule has 1 aromatic heterocycles. The topological polar surface area (TPSA) is 64.0 Å². The average Bonchev–Trinajstić information content (AvgIpc) is 2.65. The molecule has 18 heavy (non-hydrogen) atoms. The maximum absolute atomic E-state index is 11.6. The second-order valence-corrected chi connectivity index (χ2v) is 6.75. The van der Waals surface area contributed by atoms with Crippen LogP contribution in [0.2, 0.25) is 0 Å². The number of imidazole rings is 1. The quantitative estimate of drug-likeness (QED) is 0.873. The van der Waals surface area contributed by atoms with Crippen LogP contribution >= 0.6 is 0 Å². The van der Waals surface area contributed by atoms with E-state index in [1.54, 1.807) is 0 Å². The molecule has 1 aliphatic rings. The third-order valence-corrected chi connectivity index (χ3v) is 4.92. The van der Waals surface area contributed by atoms with Gasteiger partial charge in [-0.25, -0.2) is 18.1 Å². The molecule has 5 nitrogen and oxygen atoms in total. The number of rotatable bonds is 5. The van der Waals surface area contributed by atoms with Gasteiger partial charge in [0, 0.05) is 12.7 Å². The molecule has 0 saturated heterocycles. The van der Waals surface area contributed by atoms with Gasteiger partial charge in [0.05, 0.1) is 18.0 Å². The molecule has 102 valence electrons. The van der Waals surface area contributed by atoms with Gasteiger partial charge < -0.3 is 4.57 Å². The number of aromatic nitrogens is 2. The van der Waals surface area contributed by atoms with Crippen molar-refractivity contribution in [2.24, 2.45) is 7.05 Å². The third kappa shape index (κ3) is 2.92. The van der Waals surface area contributed by atoms with Crippen LogP contribution < -0.4 is 4.72 Å². The number of hydrogen-bond donors (Lipinski definition) is 1. The third-order valence-electron chi connectivity index (χ3n) is 3.39. The summed E-state index contributed by atoms with van der Waals surface area (Å²) in [7, 11) is -1.18. The van der Waals surface area contributed by atoms with E-state index in [9.17, 15) is 8.42 Å². The van der Waals surface area contributed by atoms with Crippen LogP contribution in [0.25, 0.3) is 0 Å². The monoisotopic (exact) mass is 271 g/mol. The first-order valence-electron chi connectivity index (χ1n) is 6.54. The Morgan fingerprint density at radius 2 is 2.06 bits per heavy atom. The lowest BCUT2D eigenvalue weighted by Gasteiger charge is -2.11. The molecule has 0 unspecified atom stereocenters. The summed E-state index contributed by atoms with van der Waals surface area (Å²) in [4.78, 5) is 4.55. The Bertz CT molecular complexity index is 520. The number of nitrogens with zero attached hydrogens (tertiary/aromatic N) is 2. The molecule has 0 amide bonds. The number of aryl methyl sites for hydroxylation is 1. The maximum atomic E-state index is 11.6. The molecule has 0 fully saturated rings. The lowest BCUT2D eigenvalue weighted by atomic mass is 10.0. The van der Waals surface area contributed by atoms with Gasteiger partial charge in [0.1, 0.15) is 5.82 Å². The van der Waals surface area contributed by atoms with E-state index in [4.69, 9.17) is 0 Å². The predicted molar refractivity (Wildman–Crippen MR) is 70.8 cm³/mol. The van der Waals surface area contributed by atoms with Crippen LogP contribution in [-0.2, 0) is 36.5 Å². The van der Waals surface area contributed by atoms with Crippen molar-refractivity contribution in [2.75, 3.05) is 5.75 Å². The van der Waals surface area contributed by atoms with Crippen LogP contribution in [0.15, 0.2) is 0 Å². The number of nitrogens with one attached hydrogen (secondary N) is 1. The molecule has 2 rings (SSSR count). The van der Waals surface area contributed by atoms with Gasteiger partial charge in [-0.2, -0.15) is 0 Å². The summed E-state index contributed by atoms with van der Waals surface area (Å²) in [5.74, 6) is 0.999. The van der Waals surface area contributed by atoms with Gasteiger partial charge in [-0.05, 0) is 32.1 Å². The molecule has 1 N–H and O–H groups in total. The maximum Gasteiger partial charge on any atom is 0.211 e. The van der Waals surface area contributed by atoms with Crippen molar-refractivity contribution < 1.29 is 8.42 Å². The zero-order valence-corrected chi connectivity index (χ0v) is 11.9. The number of fused-ring (bicyclic) bond motifs is 1. The van der Waals surface area contributed by atoms with Gasteiger partial charge in [-0.3, -0.25) is 0 Å². The molecule has 6 heteroatoms. The Kier molecular flexibility index (Phi) is 4.07. The van der Waals surface area contributed by atoms with E-state index in [1.165, 1.54) is 18.5 Å². The minimum absolute atomic E-state index is 0.178. The highest BCUT2D eigenvalue weighted by atomic mass is 32.2. The van der Waals surface area contributed by atoms with Crippen LogP contribution in [0.4, 0.5) is 0 Å². The molecule has 0 saturated carbocycles. The van der Waals surface area contributed by atoms with Gasteiger partial charge in [-0.15, -0.1) is 0 Å². The highest BCUT2D eigenvalue weighted by Gasteiger charge is 2.18. The van der Waals surface area contributed by atoms with Crippen molar-refractivity contribution in [2.45, 2.75) is 45.6 Å². The molecule has 1 heterocycles. The predicted octanol–water partition coefficient (Wildman–Crippen LogP) is 1.13. The first kappa shape index (κ1) is 13.5. The SMILES string of the molecule is CCCS(=O)(=O)NCc1nc2c(n1C)CCCC2. The normalized spacial score (nSPS) is 15.7. The molecule has 0 atom stereocenters. The van der Waals surface area contributed by atoms with E-state index >= 15 is 0 Å². The highest BCUT2D eigenvalue weighted by Crippen LogP contribution is 2.21. The summed E-state index contributed by atoms with van der Waals surface area (Å²) in [6, 6.07) is 0. The Morgan fingerprint density at radius 3 is 2.72 bits per heavy atom. The lowest BCUT2D eigenvalue weighted by Crippen LogP contribution is -2.27. The van der Waals surface area contributed by atoms with E-state index in [0.29, 0.717) is 13.0 Å². The van der Waals surface area contributed by atoms with Crippen molar-refractivity contribution in [3.63, 3.8) is 0 Å². The van der Waals surface area contributed by atoms with Crippen molar-refractivity contribution in [1.29, 1.82) is 0 Å². The molecule has 0 spiro atoms. The smallest absolute Gasteiger partial charge is 0.211 e. The summed E-state index contributed by atoms with van der Waals surface area (Å²) in [5, 5.41) is 0. The first-order valence-corrected chi connectivity index (χ1v) is 8.19. The number of hydrogen-bond acceptors (Lipinski definition) is 3. The van der Waals surface area contributed by atoms with Gasteiger partial charge in [-0.1, -0.05) is 6.92 Å². The van der Waals surface area contributed by atoms with E-state index < -0.39 is 10.0 Å². The summed E-state index contributed by atoms with van der Waals surface area (Å²) >= 11 is 0. The van der Waals surface area contributed by atoms with Gasteiger partial charge in [0.25, 0.3) is 0 Å². The van der Waals surface area contributed by atoms with Crippen LogP contribution in [-0.4, -0.2) is 23.7 Å². The van der Waals surface area contributed by atoms with E-state index in [1.807, 2.05) is 18.5 Å². The molecule has 1 aliphatic carbocycles. The Balaban J connectivity index is 2.09. The second-order valence-electron chi connectivity index (χ2n) is 4.83. The van der Waals surface area contributed by atoms with E-state index in [-0.39, 0.29) is 5.75 Å². The fraction of sp³-hybridized carbons (Fsp3) is 0.750. The minimum atomic E-state index is -3.15. The fourth-order valence-electron chi connectivity index (χ4n) is 2.42. The largest absolute Gasteiger partial charge is 0.334 e. The molecule has 1 aromatic rings. The fourth-order valence-corrected chi connectivity index (χ4v) is 3.45. The molecule has 0 radical (unpaired) electrons. The van der Waals surface area contributed by atoms with E-state index in [2.05, 4.69) is 9.71 Å². The summed E-state index contributed by atoms with van der Waals surface area (Å²) in [6.07, 6.45) is 5.09. The number of sulfonamides is 1. The van der Waals surface area contributed by atoms with Crippen LogP contribution in [0.5, 0.6) is 0 Å². The first-order chi connectivity index (χ1) is 8.53. The van der Waals surface area contributed by atoms with Crippen molar-refractivity contribution in [3.8, 4) is 0 Å². The zero-order valence-electron chi connectivity index (χ0n) is 11.1. The van der Waals surface area contributed by atoms with Crippen molar-refractivity contribution in [1.82, 2.24) is 14.3 Å².